The van der Waals surface area contributed by atoms with Gasteiger partial charge in [-0.25, -0.2) is 0 Å². The Morgan fingerprint density at radius 1 is 1.19 bits per heavy atom. The fourth-order valence-corrected chi connectivity index (χ4v) is 4.59. The van der Waals surface area contributed by atoms with E-state index in [9.17, 15) is 14.7 Å². The lowest BCUT2D eigenvalue weighted by Gasteiger charge is -2.55. The molecule has 0 bridgehead atoms. The zero-order chi connectivity index (χ0) is 19.0. The number of amides is 2. The van der Waals surface area contributed by atoms with Gasteiger partial charge in [0.25, 0.3) is 0 Å². The highest BCUT2D eigenvalue weighted by Gasteiger charge is 2.53. The average Bonchev–Trinajstić information content (AvgIpc) is 3.36. The molecule has 1 saturated heterocycles. The van der Waals surface area contributed by atoms with Crippen LogP contribution in [0.15, 0.2) is 30.3 Å². The first-order valence-electron chi connectivity index (χ1n) is 10.1. The van der Waals surface area contributed by atoms with Gasteiger partial charge in [0, 0.05) is 25.3 Å². The Hall–Kier alpha value is -2.14. The molecule has 4 rings (SSSR count). The van der Waals surface area contributed by atoms with Crippen LogP contribution < -0.4 is 5.32 Å². The summed E-state index contributed by atoms with van der Waals surface area (Å²) >= 11 is 0. The van der Waals surface area contributed by atoms with Gasteiger partial charge >= 0.3 is 0 Å². The highest BCUT2D eigenvalue weighted by Crippen LogP contribution is 2.44. The summed E-state index contributed by atoms with van der Waals surface area (Å²) in [6, 6.07) is 8.27. The van der Waals surface area contributed by atoms with E-state index in [4.69, 9.17) is 0 Å². The zero-order valence-corrected chi connectivity index (χ0v) is 15.9. The third kappa shape index (κ3) is 3.53. The number of benzene rings is 1. The molecule has 5 nitrogen and oxygen atoms in total. The number of aliphatic hydroxyl groups excluding tert-OH is 1. The van der Waals surface area contributed by atoms with Crippen molar-refractivity contribution in [3.05, 3.63) is 41.5 Å². The number of likely N-dealkylation sites (tertiary alicyclic amines) is 1. The molecule has 2 fully saturated rings. The van der Waals surface area contributed by atoms with Crippen LogP contribution in [0, 0.1) is 5.92 Å². The largest absolute Gasteiger partial charge is 0.394 e. The molecule has 0 radical (unpaired) electrons. The molecule has 0 unspecified atom stereocenters. The number of aliphatic hydroxyl groups is 1. The molecule has 1 heterocycles. The molecule has 5 heteroatoms. The second-order valence-corrected chi connectivity index (χ2v) is 8.04. The van der Waals surface area contributed by atoms with Crippen molar-refractivity contribution >= 4 is 17.4 Å². The SMILES string of the molecule is CC(=O)NC[C@@H]1[C@@H](c2ccc(C3=CCCC3)cc2)[C@@H](CO)N1C(=O)C1CC1. The van der Waals surface area contributed by atoms with Crippen LogP contribution in [0.5, 0.6) is 0 Å². The summed E-state index contributed by atoms with van der Waals surface area (Å²) in [5.41, 5.74) is 3.81. The van der Waals surface area contributed by atoms with E-state index < -0.39 is 0 Å². The van der Waals surface area contributed by atoms with Crippen molar-refractivity contribution in [1.29, 1.82) is 0 Å². The lowest BCUT2D eigenvalue weighted by Crippen LogP contribution is -2.68. The molecule has 1 aromatic carbocycles. The predicted octanol–water partition coefficient (Wildman–Crippen LogP) is 2.46. The summed E-state index contributed by atoms with van der Waals surface area (Å²) in [5, 5.41) is 12.8. The van der Waals surface area contributed by atoms with Crippen molar-refractivity contribution in [2.45, 2.75) is 57.0 Å². The smallest absolute Gasteiger partial charge is 0.226 e. The van der Waals surface area contributed by atoms with E-state index >= 15 is 0 Å². The molecule has 2 amide bonds. The molecule has 1 aliphatic heterocycles. The van der Waals surface area contributed by atoms with Crippen molar-refractivity contribution in [3.8, 4) is 0 Å². The number of nitrogens with zero attached hydrogens (tertiary/aromatic N) is 1. The minimum Gasteiger partial charge on any atom is -0.394 e. The Labute approximate surface area is 160 Å². The molecule has 27 heavy (non-hydrogen) atoms. The first-order chi connectivity index (χ1) is 13.1. The highest BCUT2D eigenvalue weighted by molar-refractivity contribution is 5.83. The maximum atomic E-state index is 12.7. The first kappa shape index (κ1) is 18.2. The second kappa shape index (κ2) is 7.47. The van der Waals surface area contributed by atoms with Crippen LogP contribution >= 0.6 is 0 Å². The monoisotopic (exact) mass is 368 g/mol. The zero-order valence-electron chi connectivity index (χ0n) is 15.9. The Morgan fingerprint density at radius 3 is 2.48 bits per heavy atom. The van der Waals surface area contributed by atoms with Gasteiger partial charge in [-0.2, -0.15) is 0 Å². The number of carbonyl (C=O) groups is 2. The summed E-state index contributed by atoms with van der Waals surface area (Å²) in [4.78, 5) is 26.0. The van der Waals surface area contributed by atoms with Crippen molar-refractivity contribution in [1.82, 2.24) is 10.2 Å². The van der Waals surface area contributed by atoms with Gasteiger partial charge in [-0.05, 0) is 48.8 Å². The fraction of sp³-hybridized carbons (Fsp3) is 0.545. The molecule has 3 aliphatic rings. The van der Waals surface area contributed by atoms with Crippen molar-refractivity contribution in [2.24, 2.45) is 5.92 Å². The molecule has 2 N–H and O–H groups in total. The number of hydrogen-bond donors (Lipinski definition) is 2. The molecule has 0 aromatic heterocycles. The van der Waals surface area contributed by atoms with Crippen LogP contribution in [0.3, 0.4) is 0 Å². The number of rotatable bonds is 6. The van der Waals surface area contributed by atoms with Gasteiger partial charge in [-0.1, -0.05) is 30.3 Å². The van der Waals surface area contributed by atoms with Crippen LogP contribution in [0.25, 0.3) is 5.57 Å². The third-order valence-electron chi connectivity index (χ3n) is 6.18. The number of hydrogen-bond acceptors (Lipinski definition) is 3. The van der Waals surface area contributed by atoms with E-state index in [1.54, 1.807) is 0 Å². The third-order valence-corrected chi connectivity index (χ3v) is 6.18. The first-order valence-corrected chi connectivity index (χ1v) is 10.1. The lowest BCUT2D eigenvalue weighted by atomic mass is 9.74. The van der Waals surface area contributed by atoms with Gasteiger partial charge in [-0.15, -0.1) is 0 Å². The van der Waals surface area contributed by atoms with Crippen LogP contribution in [0.2, 0.25) is 0 Å². The van der Waals surface area contributed by atoms with Gasteiger partial charge in [0.15, 0.2) is 0 Å². The molecule has 1 saturated carbocycles. The highest BCUT2D eigenvalue weighted by atomic mass is 16.3. The molecule has 3 atom stereocenters. The van der Waals surface area contributed by atoms with E-state index in [0.717, 1.165) is 31.2 Å². The Balaban J connectivity index is 1.56. The average molecular weight is 368 g/mol. The van der Waals surface area contributed by atoms with Crippen LogP contribution in [-0.2, 0) is 9.59 Å². The predicted molar refractivity (Wildman–Crippen MR) is 104 cm³/mol. The molecule has 1 aromatic rings. The molecular weight excluding hydrogens is 340 g/mol. The Bertz CT molecular complexity index is 751. The van der Waals surface area contributed by atoms with Crippen molar-refractivity contribution < 1.29 is 14.7 Å². The van der Waals surface area contributed by atoms with Crippen molar-refractivity contribution in [2.75, 3.05) is 13.2 Å². The standard InChI is InChI=1S/C22H28N2O3/c1-14(26)23-12-19-21(20(13-25)24(19)22(27)18-10-11-18)17-8-6-16(7-9-17)15-4-2-3-5-15/h4,6-9,18-21,25H,2-3,5,10-13H2,1H3,(H,23,26)/t19-,20-,21-/m1/s1. The van der Waals surface area contributed by atoms with E-state index in [1.165, 1.54) is 24.5 Å². The van der Waals surface area contributed by atoms with Crippen LogP contribution in [0.4, 0.5) is 0 Å². The second-order valence-electron chi connectivity index (χ2n) is 8.04. The van der Waals surface area contributed by atoms with Gasteiger partial charge in [0.2, 0.25) is 11.8 Å². The van der Waals surface area contributed by atoms with E-state index in [2.05, 4.69) is 35.7 Å². The Kier molecular flexibility index (Phi) is 5.04. The van der Waals surface area contributed by atoms with Gasteiger partial charge < -0.3 is 15.3 Å². The molecule has 0 spiro atoms. The van der Waals surface area contributed by atoms with Crippen molar-refractivity contribution in [3.63, 3.8) is 0 Å². The van der Waals surface area contributed by atoms with Gasteiger partial charge in [0.1, 0.15) is 0 Å². The summed E-state index contributed by atoms with van der Waals surface area (Å²) in [6.07, 6.45) is 7.71. The van der Waals surface area contributed by atoms with E-state index in [0.29, 0.717) is 6.54 Å². The van der Waals surface area contributed by atoms with E-state index in [-0.39, 0.29) is 42.3 Å². The Morgan fingerprint density at radius 2 is 1.93 bits per heavy atom. The van der Waals surface area contributed by atoms with Crippen LogP contribution in [0.1, 0.15) is 56.1 Å². The number of nitrogens with one attached hydrogen (secondary N) is 1. The molecule has 144 valence electrons. The summed E-state index contributed by atoms with van der Waals surface area (Å²) in [5.74, 6) is 0.199. The number of allylic oxidation sites excluding steroid dienone is 2. The normalized spacial score (nSPS) is 27.1. The maximum absolute atomic E-state index is 12.7. The van der Waals surface area contributed by atoms with Crippen LogP contribution in [-0.4, -0.2) is 47.1 Å². The number of carbonyl (C=O) groups excluding carboxylic acids is 2. The van der Waals surface area contributed by atoms with Gasteiger partial charge in [-0.3, -0.25) is 9.59 Å². The summed E-state index contributed by atoms with van der Waals surface area (Å²) < 4.78 is 0. The summed E-state index contributed by atoms with van der Waals surface area (Å²) in [7, 11) is 0. The minimum atomic E-state index is -0.201. The topological polar surface area (TPSA) is 69.6 Å². The maximum Gasteiger partial charge on any atom is 0.226 e. The minimum absolute atomic E-state index is 0.0490. The quantitative estimate of drug-likeness (QED) is 0.810. The summed E-state index contributed by atoms with van der Waals surface area (Å²) in [6.45, 7) is 1.88. The van der Waals surface area contributed by atoms with Gasteiger partial charge in [0.05, 0.1) is 18.7 Å². The molecule has 2 aliphatic carbocycles. The lowest BCUT2D eigenvalue weighted by molar-refractivity contribution is -0.152. The van der Waals surface area contributed by atoms with E-state index in [1.807, 2.05) is 4.90 Å². The fourth-order valence-electron chi connectivity index (χ4n) is 4.59. The molecular formula is C22H28N2O3.